The van der Waals surface area contributed by atoms with Crippen molar-refractivity contribution in [2.75, 3.05) is 26.4 Å². The summed E-state index contributed by atoms with van der Waals surface area (Å²) in [6, 6.07) is 13.9. The van der Waals surface area contributed by atoms with Crippen molar-refractivity contribution < 1.29 is 23.6 Å². The molecule has 0 saturated heterocycles. The highest BCUT2D eigenvalue weighted by Gasteiger charge is 2.19. The van der Waals surface area contributed by atoms with E-state index in [1.807, 2.05) is 35.4 Å². The molecule has 4 aromatic heterocycles. The molecule has 0 spiro atoms. The van der Waals surface area contributed by atoms with Crippen LogP contribution in [0.4, 0.5) is 0 Å². The zero-order valence-electron chi connectivity index (χ0n) is 33.7. The molecule has 0 saturated carbocycles. The van der Waals surface area contributed by atoms with Crippen LogP contribution in [0.15, 0.2) is 79.6 Å². The molecule has 1 aromatic carbocycles. The molecule has 0 bridgehead atoms. The molecule has 5 rings (SSSR count). The molecule has 57 heavy (non-hydrogen) atoms. The normalized spacial score (nSPS) is 11.2. The second kappa shape index (κ2) is 26.9. The van der Waals surface area contributed by atoms with E-state index in [2.05, 4.69) is 55.4 Å². The minimum absolute atomic E-state index is 0. The highest BCUT2D eigenvalue weighted by Crippen LogP contribution is 2.39. The monoisotopic (exact) mass is 819 g/mol. The fourth-order valence-corrected chi connectivity index (χ4v) is 7.17. The summed E-state index contributed by atoms with van der Waals surface area (Å²) in [6.07, 6.45) is 30.3. The standard InChI is InChI=1S/C45H60ClN6O4.ClH/c1-37(53)56-45-41(33-42(46)40-23-15-25-48-44(40)45)43-36-52(50-49-43)28-11-6-4-2-3-5-8-12-29-55-32-18-22-39-20-16-27-51(35-39)26-10-7-9-13-30-54-31-17-21-38-19-14-24-47-34-38;/h14-16,19-20,23-25,27,33-36H,2-13,17-18,21-22,26,28-32H2,1H3;1H/q+1;. The molecule has 0 aliphatic heterocycles. The Morgan fingerprint density at radius 2 is 1.42 bits per heavy atom. The van der Waals surface area contributed by atoms with Crippen molar-refractivity contribution in [3.05, 3.63) is 95.8 Å². The van der Waals surface area contributed by atoms with Gasteiger partial charge in [0, 0.05) is 81.9 Å². The van der Waals surface area contributed by atoms with Crippen LogP contribution in [0.5, 0.6) is 5.75 Å². The van der Waals surface area contributed by atoms with Gasteiger partial charge in [-0.25, -0.2) is 4.57 Å². The number of halogens is 2. The van der Waals surface area contributed by atoms with Gasteiger partial charge in [-0.2, -0.15) is 0 Å². The zero-order chi connectivity index (χ0) is 39.0. The van der Waals surface area contributed by atoms with Crippen molar-refractivity contribution in [2.45, 2.75) is 123 Å². The topological polar surface area (TPSA) is 105 Å². The molecular weight excluding hydrogens is 759 g/mol. The van der Waals surface area contributed by atoms with Crippen LogP contribution < -0.4 is 9.30 Å². The molecule has 0 atom stereocenters. The van der Waals surface area contributed by atoms with Gasteiger partial charge in [-0.15, -0.1) is 17.5 Å². The summed E-state index contributed by atoms with van der Waals surface area (Å²) in [5.74, 6) is -0.0739. The van der Waals surface area contributed by atoms with Crippen LogP contribution in [0, 0.1) is 0 Å². The van der Waals surface area contributed by atoms with Gasteiger partial charge in [0.25, 0.3) is 0 Å². The summed E-state index contributed by atoms with van der Waals surface area (Å²) in [7, 11) is 0. The summed E-state index contributed by atoms with van der Waals surface area (Å²) in [4.78, 5) is 20.5. The quantitative estimate of drug-likeness (QED) is 0.0213. The van der Waals surface area contributed by atoms with Gasteiger partial charge >= 0.3 is 5.97 Å². The third-order valence-electron chi connectivity index (χ3n) is 9.89. The maximum atomic E-state index is 11.9. The summed E-state index contributed by atoms with van der Waals surface area (Å²) in [6.45, 7) is 6.60. The highest BCUT2D eigenvalue weighted by molar-refractivity contribution is 6.36. The molecule has 5 aromatic rings. The molecule has 10 nitrogen and oxygen atoms in total. The minimum Gasteiger partial charge on any atom is -0.424 e. The zero-order valence-corrected chi connectivity index (χ0v) is 35.2. The molecular formula is C45H61Cl2N6O4+. The Kier molecular flexibility index (Phi) is 21.6. The predicted octanol–water partition coefficient (Wildman–Crippen LogP) is 10.2. The molecule has 0 aliphatic rings. The first-order valence-electron chi connectivity index (χ1n) is 20.8. The van der Waals surface area contributed by atoms with Crippen LogP contribution >= 0.6 is 24.0 Å². The number of rotatable bonds is 28. The van der Waals surface area contributed by atoms with E-state index in [0.29, 0.717) is 27.5 Å². The van der Waals surface area contributed by atoms with Crippen LogP contribution in [-0.4, -0.2) is 57.4 Å². The number of fused-ring (bicyclic) bond motifs is 1. The largest absolute Gasteiger partial charge is 0.424 e. The average molecular weight is 821 g/mol. The maximum absolute atomic E-state index is 11.9. The molecule has 308 valence electrons. The van der Waals surface area contributed by atoms with Crippen molar-refractivity contribution in [1.29, 1.82) is 0 Å². The first-order chi connectivity index (χ1) is 27.6. The third kappa shape index (κ3) is 16.8. The maximum Gasteiger partial charge on any atom is 0.308 e. The minimum atomic E-state index is -0.427. The lowest BCUT2D eigenvalue weighted by atomic mass is 10.1. The molecule has 4 heterocycles. The number of esters is 1. The predicted molar refractivity (Wildman–Crippen MR) is 229 cm³/mol. The van der Waals surface area contributed by atoms with E-state index in [9.17, 15) is 4.79 Å². The smallest absolute Gasteiger partial charge is 0.308 e. The fraction of sp³-hybridized carbons (Fsp3) is 0.511. The number of nitrogens with zero attached hydrogens (tertiary/aromatic N) is 6. The summed E-state index contributed by atoms with van der Waals surface area (Å²) in [5.41, 5.74) is 4.40. The van der Waals surface area contributed by atoms with Crippen LogP contribution in [-0.2, 0) is 40.2 Å². The van der Waals surface area contributed by atoms with Crippen LogP contribution in [0.2, 0.25) is 5.02 Å². The van der Waals surface area contributed by atoms with Gasteiger partial charge in [0.15, 0.2) is 18.1 Å². The molecule has 0 N–H and O–H groups in total. The molecule has 12 heteroatoms. The first-order valence-corrected chi connectivity index (χ1v) is 21.1. The van der Waals surface area contributed by atoms with E-state index in [0.717, 1.165) is 96.3 Å². The Morgan fingerprint density at radius 1 is 0.772 bits per heavy atom. The van der Waals surface area contributed by atoms with Gasteiger partial charge in [0.1, 0.15) is 17.8 Å². The summed E-state index contributed by atoms with van der Waals surface area (Å²) < 4.78 is 21.5. The van der Waals surface area contributed by atoms with Crippen LogP contribution in [0.25, 0.3) is 22.2 Å². The Labute approximate surface area is 350 Å². The number of benzene rings is 1. The van der Waals surface area contributed by atoms with Crippen LogP contribution in [0.1, 0.15) is 108 Å². The molecule has 0 radical (unpaired) electrons. The van der Waals surface area contributed by atoms with E-state index >= 15 is 0 Å². The molecule has 0 fully saturated rings. The number of carbonyl (C=O) groups is 1. The van der Waals surface area contributed by atoms with Gasteiger partial charge < -0.3 is 14.2 Å². The first kappa shape index (κ1) is 45.7. The van der Waals surface area contributed by atoms with Crippen molar-refractivity contribution in [1.82, 2.24) is 25.0 Å². The molecule has 0 amide bonds. The lowest BCUT2D eigenvalue weighted by Crippen LogP contribution is -2.33. The lowest BCUT2D eigenvalue weighted by molar-refractivity contribution is -0.697. The number of carbonyl (C=O) groups excluding carboxylic acids is 1. The Hall–Kier alpha value is -3.96. The summed E-state index contributed by atoms with van der Waals surface area (Å²) in [5, 5.41) is 9.90. The SMILES string of the molecule is CC(=O)Oc1c(-c2cn(CCCCCCCCCCOCCCc3ccc[n+](CCCCCCOCCCc4cccnc4)c3)nn2)cc(Cl)c2cccnc12.Cl. The number of hydrogen-bond acceptors (Lipinski definition) is 8. The van der Waals surface area contributed by atoms with Gasteiger partial charge in [0.2, 0.25) is 0 Å². The van der Waals surface area contributed by atoms with E-state index in [1.54, 1.807) is 18.3 Å². The average Bonchev–Trinajstić information content (AvgIpc) is 3.69. The van der Waals surface area contributed by atoms with Crippen molar-refractivity contribution in [3.8, 4) is 17.0 Å². The number of unbranched alkanes of at least 4 members (excludes halogenated alkanes) is 10. The Balaban J connectivity index is 0.00000720. The summed E-state index contributed by atoms with van der Waals surface area (Å²) >= 11 is 6.54. The fourth-order valence-electron chi connectivity index (χ4n) is 6.91. The van der Waals surface area contributed by atoms with E-state index in [-0.39, 0.29) is 12.4 Å². The van der Waals surface area contributed by atoms with Gasteiger partial charge in [-0.3, -0.25) is 19.4 Å². The van der Waals surface area contributed by atoms with Gasteiger partial charge in [0.05, 0.1) is 16.8 Å². The number of aryl methyl sites for hydroxylation is 4. The number of ether oxygens (including phenoxy) is 3. The Morgan fingerprint density at radius 3 is 2.14 bits per heavy atom. The van der Waals surface area contributed by atoms with Gasteiger partial charge in [-0.1, -0.05) is 67.8 Å². The number of hydrogen-bond donors (Lipinski definition) is 0. The van der Waals surface area contributed by atoms with Crippen molar-refractivity contribution in [3.63, 3.8) is 0 Å². The number of aromatic nitrogens is 6. The number of pyridine rings is 3. The van der Waals surface area contributed by atoms with Crippen LogP contribution in [0.3, 0.4) is 0 Å². The molecule has 0 unspecified atom stereocenters. The van der Waals surface area contributed by atoms with Gasteiger partial charge in [-0.05, 0) is 87.3 Å². The van der Waals surface area contributed by atoms with E-state index in [1.165, 1.54) is 69.4 Å². The van der Waals surface area contributed by atoms with Crippen molar-refractivity contribution >= 4 is 40.9 Å². The Bertz CT molecular complexity index is 1880. The molecule has 0 aliphatic carbocycles. The lowest BCUT2D eigenvalue weighted by Gasteiger charge is -2.11. The van der Waals surface area contributed by atoms with E-state index in [4.69, 9.17) is 25.8 Å². The third-order valence-corrected chi connectivity index (χ3v) is 10.2. The highest BCUT2D eigenvalue weighted by atomic mass is 35.5. The van der Waals surface area contributed by atoms with E-state index < -0.39 is 5.97 Å². The second-order valence-electron chi connectivity index (χ2n) is 14.6. The van der Waals surface area contributed by atoms with Crippen molar-refractivity contribution in [2.24, 2.45) is 0 Å². The second-order valence-corrected chi connectivity index (χ2v) is 15.0.